The fourth-order valence-corrected chi connectivity index (χ4v) is 2.74. The molecular formula is C13H24N2O2. The van der Waals surface area contributed by atoms with Crippen molar-refractivity contribution in [3.05, 3.63) is 0 Å². The number of amides is 1. The summed E-state index contributed by atoms with van der Waals surface area (Å²) in [6.07, 6.45) is 4.28. The number of carbonyl (C=O) groups is 1. The Morgan fingerprint density at radius 3 is 3.12 bits per heavy atom. The molecule has 0 radical (unpaired) electrons. The number of hydrogen-bond donors (Lipinski definition) is 1. The van der Waals surface area contributed by atoms with Gasteiger partial charge in [-0.25, -0.2) is 0 Å². The molecular weight excluding hydrogens is 216 g/mol. The van der Waals surface area contributed by atoms with Gasteiger partial charge in [-0.3, -0.25) is 4.79 Å². The number of hydrogen-bond acceptors (Lipinski definition) is 3. The first-order valence-electron chi connectivity index (χ1n) is 6.85. The standard InChI is InChI=1S/C13H24N2O2/c1-11-10-17-8-7-15(11)13(16)5-4-12-3-2-6-14-9-12/h11-12,14H,2-10H2,1H3. The molecule has 0 saturated carbocycles. The molecule has 17 heavy (non-hydrogen) atoms. The lowest BCUT2D eigenvalue weighted by molar-refractivity contribution is -0.139. The Kier molecular flexibility index (Phi) is 4.80. The van der Waals surface area contributed by atoms with Crippen LogP contribution in [-0.2, 0) is 9.53 Å². The molecule has 4 heteroatoms. The summed E-state index contributed by atoms with van der Waals surface area (Å²) in [5, 5.41) is 3.40. The number of morpholine rings is 1. The van der Waals surface area contributed by atoms with E-state index in [1.807, 2.05) is 4.90 Å². The molecule has 0 aromatic carbocycles. The SMILES string of the molecule is CC1COCCN1C(=O)CCC1CCCNC1. The maximum absolute atomic E-state index is 12.1. The van der Waals surface area contributed by atoms with Crippen LogP contribution in [0.15, 0.2) is 0 Å². The zero-order chi connectivity index (χ0) is 12.1. The summed E-state index contributed by atoms with van der Waals surface area (Å²) < 4.78 is 5.35. The lowest BCUT2D eigenvalue weighted by Crippen LogP contribution is -2.47. The summed E-state index contributed by atoms with van der Waals surface area (Å²) in [6, 6.07) is 0.251. The number of ether oxygens (including phenoxy) is 1. The maximum Gasteiger partial charge on any atom is 0.222 e. The number of rotatable bonds is 3. The van der Waals surface area contributed by atoms with Crippen molar-refractivity contribution in [3.63, 3.8) is 0 Å². The summed E-state index contributed by atoms with van der Waals surface area (Å²) in [4.78, 5) is 14.1. The first kappa shape index (κ1) is 12.8. The van der Waals surface area contributed by atoms with Gasteiger partial charge < -0.3 is 15.0 Å². The number of carbonyl (C=O) groups excluding carboxylic acids is 1. The molecule has 2 saturated heterocycles. The topological polar surface area (TPSA) is 41.6 Å². The van der Waals surface area contributed by atoms with Gasteiger partial charge in [-0.2, -0.15) is 0 Å². The molecule has 2 atom stereocenters. The highest BCUT2D eigenvalue weighted by Crippen LogP contribution is 2.17. The lowest BCUT2D eigenvalue weighted by atomic mass is 9.94. The quantitative estimate of drug-likeness (QED) is 0.800. The molecule has 0 aromatic heterocycles. The Balaban J connectivity index is 1.72. The first-order chi connectivity index (χ1) is 8.27. The normalized spacial score (nSPS) is 30.3. The van der Waals surface area contributed by atoms with E-state index in [9.17, 15) is 4.79 Å². The van der Waals surface area contributed by atoms with Crippen LogP contribution >= 0.6 is 0 Å². The molecule has 1 N–H and O–H groups in total. The van der Waals surface area contributed by atoms with Gasteiger partial charge in [0.2, 0.25) is 5.91 Å². The number of piperidine rings is 1. The molecule has 2 heterocycles. The van der Waals surface area contributed by atoms with Crippen molar-refractivity contribution >= 4 is 5.91 Å². The summed E-state index contributed by atoms with van der Waals surface area (Å²) in [6.45, 7) is 6.46. The van der Waals surface area contributed by atoms with E-state index in [1.165, 1.54) is 12.8 Å². The summed E-state index contributed by atoms with van der Waals surface area (Å²) in [5.74, 6) is 1.01. The highest BCUT2D eigenvalue weighted by atomic mass is 16.5. The van der Waals surface area contributed by atoms with Crippen molar-refractivity contribution in [2.75, 3.05) is 32.8 Å². The van der Waals surface area contributed by atoms with Crippen molar-refractivity contribution in [3.8, 4) is 0 Å². The largest absolute Gasteiger partial charge is 0.377 e. The Labute approximate surface area is 104 Å². The van der Waals surface area contributed by atoms with Gasteiger partial charge in [0.05, 0.1) is 19.3 Å². The van der Waals surface area contributed by atoms with Crippen LogP contribution in [0.2, 0.25) is 0 Å². The van der Waals surface area contributed by atoms with Gasteiger partial charge in [0.1, 0.15) is 0 Å². The fourth-order valence-electron chi connectivity index (χ4n) is 2.74. The third-order valence-corrected chi connectivity index (χ3v) is 3.85. The van der Waals surface area contributed by atoms with Gasteiger partial charge in [-0.1, -0.05) is 0 Å². The third-order valence-electron chi connectivity index (χ3n) is 3.85. The van der Waals surface area contributed by atoms with Crippen molar-refractivity contribution in [2.45, 2.75) is 38.6 Å². The van der Waals surface area contributed by atoms with Crippen LogP contribution in [-0.4, -0.2) is 49.7 Å². The van der Waals surface area contributed by atoms with Crippen LogP contribution in [0.3, 0.4) is 0 Å². The van der Waals surface area contributed by atoms with E-state index in [0.717, 1.165) is 26.1 Å². The monoisotopic (exact) mass is 240 g/mol. The molecule has 0 bridgehead atoms. The molecule has 0 spiro atoms. The van der Waals surface area contributed by atoms with Gasteiger partial charge in [0.15, 0.2) is 0 Å². The van der Waals surface area contributed by atoms with Crippen molar-refractivity contribution in [1.29, 1.82) is 0 Å². The number of nitrogens with one attached hydrogen (secondary N) is 1. The second-order valence-corrected chi connectivity index (χ2v) is 5.26. The fraction of sp³-hybridized carbons (Fsp3) is 0.923. The van der Waals surface area contributed by atoms with E-state index in [2.05, 4.69) is 12.2 Å². The van der Waals surface area contributed by atoms with Crippen LogP contribution in [0, 0.1) is 5.92 Å². The third kappa shape index (κ3) is 3.68. The zero-order valence-corrected chi connectivity index (χ0v) is 10.8. The van der Waals surface area contributed by atoms with Crippen LogP contribution in [0.1, 0.15) is 32.6 Å². The van der Waals surface area contributed by atoms with Gasteiger partial charge in [-0.15, -0.1) is 0 Å². The van der Waals surface area contributed by atoms with Crippen LogP contribution in [0.25, 0.3) is 0 Å². The Morgan fingerprint density at radius 1 is 1.53 bits per heavy atom. The van der Waals surface area contributed by atoms with Crippen LogP contribution in [0.4, 0.5) is 0 Å². The molecule has 2 fully saturated rings. The smallest absolute Gasteiger partial charge is 0.222 e. The predicted octanol–water partition coefficient (Wildman–Crippen LogP) is 1.01. The van der Waals surface area contributed by atoms with E-state index >= 15 is 0 Å². The second kappa shape index (κ2) is 6.36. The van der Waals surface area contributed by atoms with Crippen molar-refractivity contribution < 1.29 is 9.53 Å². The number of nitrogens with zero attached hydrogens (tertiary/aromatic N) is 1. The molecule has 2 aliphatic rings. The summed E-state index contributed by atoms with van der Waals surface area (Å²) >= 11 is 0. The minimum Gasteiger partial charge on any atom is -0.377 e. The van der Waals surface area contributed by atoms with E-state index in [0.29, 0.717) is 31.5 Å². The molecule has 2 aliphatic heterocycles. The summed E-state index contributed by atoms with van der Waals surface area (Å²) in [5.41, 5.74) is 0. The van der Waals surface area contributed by atoms with Crippen LogP contribution in [0.5, 0.6) is 0 Å². The van der Waals surface area contributed by atoms with Gasteiger partial charge in [0.25, 0.3) is 0 Å². The molecule has 0 aromatic rings. The molecule has 2 rings (SSSR count). The van der Waals surface area contributed by atoms with Crippen molar-refractivity contribution in [1.82, 2.24) is 10.2 Å². The van der Waals surface area contributed by atoms with E-state index < -0.39 is 0 Å². The van der Waals surface area contributed by atoms with E-state index in [-0.39, 0.29) is 6.04 Å². The average Bonchev–Trinajstić information content (AvgIpc) is 2.38. The minimum absolute atomic E-state index is 0.251. The zero-order valence-electron chi connectivity index (χ0n) is 10.8. The lowest BCUT2D eigenvalue weighted by Gasteiger charge is -2.34. The molecule has 0 aliphatic carbocycles. The van der Waals surface area contributed by atoms with E-state index in [4.69, 9.17) is 4.74 Å². The van der Waals surface area contributed by atoms with Crippen LogP contribution < -0.4 is 5.32 Å². The second-order valence-electron chi connectivity index (χ2n) is 5.26. The summed E-state index contributed by atoms with van der Waals surface area (Å²) in [7, 11) is 0. The average molecular weight is 240 g/mol. The van der Waals surface area contributed by atoms with Crippen molar-refractivity contribution in [2.24, 2.45) is 5.92 Å². The molecule has 2 unspecified atom stereocenters. The first-order valence-corrected chi connectivity index (χ1v) is 6.85. The highest BCUT2D eigenvalue weighted by Gasteiger charge is 2.24. The molecule has 4 nitrogen and oxygen atoms in total. The van der Waals surface area contributed by atoms with Gasteiger partial charge in [-0.05, 0) is 45.2 Å². The van der Waals surface area contributed by atoms with Gasteiger partial charge in [0, 0.05) is 13.0 Å². The van der Waals surface area contributed by atoms with E-state index in [1.54, 1.807) is 0 Å². The minimum atomic E-state index is 0.251. The molecule has 98 valence electrons. The predicted molar refractivity (Wildman–Crippen MR) is 66.8 cm³/mol. The Morgan fingerprint density at radius 2 is 2.41 bits per heavy atom. The Bertz CT molecular complexity index is 252. The Hall–Kier alpha value is -0.610. The highest BCUT2D eigenvalue weighted by molar-refractivity contribution is 5.76. The maximum atomic E-state index is 12.1. The molecule has 1 amide bonds. The van der Waals surface area contributed by atoms with Gasteiger partial charge >= 0.3 is 0 Å².